The molecule has 2 rings (SSSR count). The Morgan fingerprint density at radius 2 is 2.00 bits per heavy atom. The molecule has 1 aromatic carbocycles. The van der Waals surface area contributed by atoms with Crippen LogP contribution in [0.2, 0.25) is 0 Å². The van der Waals surface area contributed by atoms with Crippen molar-refractivity contribution in [2.24, 2.45) is 0 Å². The van der Waals surface area contributed by atoms with Gasteiger partial charge in [-0.25, -0.2) is 0 Å². The van der Waals surface area contributed by atoms with E-state index >= 15 is 0 Å². The lowest BCUT2D eigenvalue weighted by molar-refractivity contribution is 0.481. The Bertz CT molecular complexity index is 563. The van der Waals surface area contributed by atoms with Crippen LogP contribution in [0.3, 0.4) is 0 Å². The van der Waals surface area contributed by atoms with Crippen LogP contribution in [0, 0.1) is 13.8 Å². The van der Waals surface area contributed by atoms with E-state index in [0.717, 1.165) is 39.5 Å². The number of hydrogen-bond donors (Lipinski definition) is 1. The molecule has 0 atom stereocenters. The Labute approximate surface area is 116 Å². The number of nitrogen functional groups attached to an aromatic ring is 1. The van der Waals surface area contributed by atoms with E-state index in [-0.39, 0.29) is 0 Å². The first-order valence-electron chi connectivity index (χ1n) is 5.79. The highest BCUT2D eigenvalue weighted by atomic mass is 79.9. The molecule has 0 amide bonds. The van der Waals surface area contributed by atoms with Gasteiger partial charge in [-0.05, 0) is 59.6 Å². The average Bonchev–Trinajstić information content (AvgIpc) is 2.69. The van der Waals surface area contributed by atoms with Gasteiger partial charge in [0.2, 0.25) is 0 Å². The van der Waals surface area contributed by atoms with E-state index in [1.54, 1.807) is 0 Å². The first-order valence-corrected chi connectivity index (χ1v) is 6.58. The van der Waals surface area contributed by atoms with E-state index in [0.29, 0.717) is 0 Å². The molecule has 0 unspecified atom stereocenters. The van der Waals surface area contributed by atoms with Gasteiger partial charge in [0.1, 0.15) is 11.5 Å². The fourth-order valence-corrected chi connectivity index (χ4v) is 2.53. The van der Waals surface area contributed by atoms with Gasteiger partial charge in [0, 0.05) is 17.2 Å². The summed E-state index contributed by atoms with van der Waals surface area (Å²) in [7, 11) is 2.04. The molecule has 0 aliphatic carbocycles. The maximum absolute atomic E-state index is 5.88. The van der Waals surface area contributed by atoms with Crippen molar-refractivity contribution in [3.05, 3.63) is 45.8 Å². The first kappa shape index (κ1) is 13.0. The molecule has 2 N–H and O–H groups in total. The molecule has 96 valence electrons. The summed E-state index contributed by atoms with van der Waals surface area (Å²) in [5.74, 6) is 1.89. The molecule has 0 aliphatic heterocycles. The van der Waals surface area contributed by atoms with Crippen molar-refractivity contribution >= 4 is 27.3 Å². The van der Waals surface area contributed by atoms with Gasteiger partial charge >= 0.3 is 0 Å². The minimum Gasteiger partial charge on any atom is -0.464 e. The Hall–Kier alpha value is -1.42. The zero-order valence-electron chi connectivity index (χ0n) is 10.8. The molecule has 3 nitrogen and oxygen atoms in total. The second kappa shape index (κ2) is 5.06. The predicted molar refractivity (Wildman–Crippen MR) is 78.8 cm³/mol. The zero-order valence-corrected chi connectivity index (χ0v) is 12.4. The van der Waals surface area contributed by atoms with Crippen LogP contribution < -0.4 is 10.6 Å². The van der Waals surface area contributed by atoms with Gasteiger partial charge in [-0.1, -0.05) is 0 Å². The van der Waals surface area contributed by atoms with Crippen molar-refractivity contribution in [3.8, 4) is 0 Å². The van der Waals surface area contributed by atoms with Crippen LogP contribution in [0.25, 0.3) is 0 Å². The molecule has 1 heterocycles. The van der Waals surface area contributed by atoms with Gasteiger partial charge in [-0.15, -0.1) is 0 Å². The first-order chi connectivity index (χ1) is 8.47. The third kappa shape index (κ3) is 2.70. The summed E-state index contributed by atoms with van der Waals surface area (Å²) < 4.78 is 6.58. The lowest BCUT2D eigenvalue weighted by Gasteiger charge is -2.20. The summed E-state index contributed by atoms with van der Waals surface area (Å²) in [6.45, 7) is 4.69. The summed E-state index contributed by atoms with van der Waals surface area (Å²) in [6, 6.07) is 8.00. The summed E-state index contributed by atoms with van der Waals surface area (Å²) in [4.78, 5) is 2.13. The molecule has 0 aliphatic rings. The molecule has 2 aromatic rings. The van der Waals surface area contributed by atoms with Crippen LogP contribution in [0.5, 0.6) is 0 Å². The second-order valence-corrected chi connectivity index (χ2v) is 5.38. The van der Waals surface area contributed by atoms with E-state index in [9.17, 15) is 0 Å². The van der Waals surface area contributed by atoms with Crippen LogP contribution in [-0.4, -0.2) is 7.05 Å². The van der Waals surface area contributed by atoms with Crippen molar-refractivity contribution in [1.29, 1.82) is 0 Å². The summed E-state index contributed by atoms with van der Waals surface area (Å²) in [6.07, 6.45) is 0. The minimum absolute atomic E-state index is 0.732. The number of furan rings is 1. The number of halogens is 1. The van der Waals surface area contributed by atoms with E-state index in [1.807, 2.05) is 39.1 Å². The molecule has 0 bridgehead atoms. The largest absolute Gasteiger partial charge is 0.464 e. The smallest absolute Gasteiger partial charge is 0.123 e. The molecule has 0 spiro atoms. The third-order valence-electron chi connectivity index (χ3n) is 2.94. The minimum atomic E-state index is 0.732. The molecular formula is C14H17BrN2O. The Balaban J connectivity index is 2.23. The highest BCUT2D eigenvalue weighted by molar-refractivity contribution is 9.10. The molecule has 0 saturated carbocycles. The molecule has 0 fully saturated rings. The number of nitrogens with two attached hydrogens (primary N) is 1. The van der Waals surface area contributed by atoms with Crippen molar-refractivity contribution in [3.63, 3.8) is 0 Å². The fourth-order valence-electron chi connectivity index (χ4n) is 1.86. The fraction of sp³-hybridized carbons (Fsp3) is 0.286. The van der Waals surface area contributed by atoms with E-state index in [4.69, 9.17) is 10.2 Å². The highest BCUT2D eigenvalue weighted by Gasteiger charge is 2.10. The lowest BCUT2D eigenvalue weighted by atomic mass is 10.1. The Kier molecular flexibility index (Phi) is 3.66. The van der Waals surface area contributed by atoms with Crippen LogP contribution in [0.4, 0.5) is 11.4 Å². The zero-order chi connectivity index (χ0) is 13.3. The van der Waals surface area contributed by atoms with Crippen molar-refractivity contribution in [1.82, 2.24) is 0 Å². The summed E-state index contributed by atoms with van der Waals surface area (Å²) in [5.41, 5.74) is 8.86. The van der Waals surface area contributed by atoms with Crippen LogP contribution in [0.15, 0.2) is 33.2 Å². The highest BCUT2D eigenvalue weighted by Crippen LogP contribution is 2.31. The van der Waals surface area contributed by atoms with Gasteiger partial charge in [0.25, 0.3) is 0 Å². The number of aryl methyl sites for hydroxylation is 2. The Morgan fingerprint density at radius 3 is 2.61 bits per heavy atom. The number of rotatable bonds is 3. The predicted octanol–water partition coefficient (Wildman–Crippen LogP) is 3.88. The maximum Gasteiger partial charge on any atom is 0.123 e. The third-order valence-corrected chi connectivity index (χ3v) is 3.57. The van der Waals surface area contributed by atoms with E-state index < -0.39 is 0 Å². The number of nitrogens with zero attached hydrogens (tertiary/aromatic N) is 1. The molecule has 0 radical (unpaired) electrons. The molecule has 18 heavy (non-hydrogen) atoms. The summed E-state index contributed by atoms with van der Waals surface area (Å²) >= 11 is 3.55. The second-order valence-electron chi connectivity index (χ2n) is 4.53. The molecule has 1 aromatic heterocycles. The average molecular weight is 309 g/mol. The van der Waals surface area contributed by atoms with Gasteiger partial charge in [0.15, 0.2) is 0 Å². The normalized spacial score (nSPS) is 10.7. The molecule has 0 saturated heterocycles. The van der Waals surface area contributed by atoms with Crippen LogP contribution in [0.1, 0.15) is 17.1 Å². The van der Waals surface area contributed by atoms with Gasteiger partial charge in [-0.3, -0.25) is 0 Å². The standard InChI is InChI=1S/C14H17BrN2O/c1-9-6-14(12(15)7-13(9)16)17(3)8-11-5-4-10(2)18-11/h4-7H,8,16H2,1-3H3. The van der Waals surface area contributed by atoms with Gasteiger partial charge in [0.05, 0.1) is 12.2 Å². The topological polar surface area (TPSA) is 42.4 Å². The number of benzene rings is 1. The maximum atomic E-state index is 5.88. The number of anilines is 2. The monoisotopic (exact) mass is 308 g/mol. The molecule has 4 heteroatoms. The van der Waals surface area contributed by atoms with Gasteiger partial charge in [-0.2, -0.15) is 0 Å². The summed E-state index contributed by atoms with van der Waals surface area (Å²) in [5, 5.41) is 0. The van der Waals surface area contributed by atoms with Crippen molar-refractivity contribution in [2.75, 3.05) is 17.7 Å². The van der Waals surface area contributed by atoms with Gasteiger partial charge < -0.3 is 15.1 Å². The van der Waals surface area contributed by atoms with Crippen LogP contribution in [-0.2, 0) is 6.54 Å². The van der Waals surface area contributed by atoms with Crippen LogP contribution >= 0.6 is 15.9 Å². The quantitative estimate of drug-likeness (QED) is 0.875. The van der Waals surface area contributed by atoms with Crippen molar-refractivity contribution in [2.45, 2.75) is 20.4 Å². The lowest BCUT2D eigenvalue weighted by Crippen LogP contribution is -2.16. The molecular weight excluding hydrogens is 292 g/mol. The van der Waals surface area contributed by atoms with E-state index in [2.05, 4.69) is 26.9 Å². The van der Waals surface area contributed by atoms with Crippen molar-refractivity contribution < 1.29 is 4.42 Å². The SMILES string of the molecule is Cc1ccc(CN(C)c2cc(C)c(N)cc2Br)o1. The number of hydrogen-bond acceptors (Lipinski definition) is 3. The van der Waals surface area contributed by atoms with E-state index in [1.165, 1.54) is 0 Å². The Morgan fingerprint density at radius 1 is 1.28 bits per heavy atom.